The van der Waals surface area contributed by atoms with Crippen molar-refractivity contribution >= 4 is 16.9 Å². The highest BCUT2D eigenvalue weighted by Gasteiger charge is 2.37. The predicted molar refractivity (Wildman–Crippen MR) is 73.9 cm³/mol. The van der Waals surface area contributed by atoms with E-state index < -0.39 is 0 Å². The second-order valence-corrected chi connectivity index (χ2v) is 5.79. The fourth-order valence-corrected chi connectivity index (χ4v) is 2.69. The van der Waals surface area contributed by atoms with Gasteiger partial charge in [-0.2, -0.15) is 0 Å². The molecule has 0 aliphatic carbocycles. The SMILES string of the molecule is C=C/C(C)=C/C1(C)SC(=O)C=C1OCCCC. The average Bonchev–Trinajstić information content (AvgIpc) is 2.54. The number of carbonyl (C=O) groups excluding carboxylic acids is 1. The zero-order chi connectivity index (χ0) is 12.9. The Balaban J connectivity index is 2.80. The summed E-state index contributed by atoms with van der Waals surface area (Å²) in [7, 11) is 0. The second-order valence-electron chi connectivity index (χ2n) is 4.33. The van der Waals surface area contributed by atoms with Gasteiger partial charge in [-0.3, -0.25) is 4.79 Å². The molecule has 0 aromatic heterocycles. The maximum Gasteiger partial charge on any atom is 0.216 e. The van der Waals surface area contributed by atoms with Crippen molar-refractivity contribution in [3.8, 4) is 0 Å². The molecule has 0 fully saturated rings. The number of hydrogen-bond donors (Lipinski definition) is 0. The molecule has 1 atom stereocenters. The molecule has 0 spiro atoms. The van der Waals surface area contributed by atoms with Crippen LogP contribution in [0.2, 0.25) is 0 Å². The summed E-state index contributed by atoms with van der Waals surface area (Å²) in [6, 6.07) is 0. The van der Waals surface area contributed by atoms with Crippen LogP contribution in [-0.2, 0) is 9.53 Å². The molecule has 1 aliphatic heterocycles. The van der Waals surface area contributed by atoms with Crippen LogP contribution in [0.15, 0.2) is 36.1 Å². The summed E-state index contributed by atoms with van der Waals surface area (Å²) in [4.78, 5) is 11.5. The summed E-state index contributed by atoms with van der Waals surface area (Å²) in [5.74, 6) is 0.766. The molecule has 1 unspecified atom stereocenters. The highest BCUT2D eigenvalue weighted by Crippen LogP contribution is 2.42. The van der Waals surface area contributed by atoms with Gasteiger partial charge in [0.15, 0.2) is 0 Å². The van der Waals surface area contributed by atoms with Gasteiger partial charge in [-0.25, -0.2) is 0 Å². The number of ether oxygens (including phenoxy) is 1. The Morgan fingerprint density at radius 1 is 1.65 bits per heavy atom. The number of allylic oxidation sites excluding steroid dienone is 2. The quantitative estimate of drug-likeness (QED) is 0.530. The molecule has 0 amide bonds. The van der Waals surface area contributed by atoms with Gasteiger partial charge < -0.3 is 4.74 Å². The van der Waals surface area contributed by atoms with E-state index in [9.17, 15) is 4.79 Å². The van der Waals surface area contributed by atoms with Gasteiger partial charge in [-0.15, -0.1) is 0 Å². The summed E-state index contributed by atoms with van der Waals surface area (Å²) < 4.78 is 5.34. The van der Waals surface area contributed by atoms with Crippen LogP contribution in [0.3, 0.4) is 0 Å². The van der Waals surface area contributed by atoms with E-state index in [-0.39, 0.29) is 9.86 Å². The van der Waals surface area contributed by atoms with Crippen LogP contribution in [0.5, 0.6) is 0 Å². The molecule has 1 aliphatic rings. The first kappa shape index (κ1) is 14.1. The van der Waals surface area contributed by atoms with Crippen molar-refractivity contribution in [3.63, 3.8) is 0 Å². The third-order valence-electron chi connectivity index (χ3n) is 2.63. The number of hydrogen-bond acceptors (Lipinski definition) is 3. The van der Waals surface area contributed by atoms with Gasteiger partial charge in [0.2, 0.25) is 5.12 Å². The number of unbranched alkanes of at least 4 members (excludes halogenated alkanes) is 1. The van der Waals surface area contributed by atoms with E-state index >= 15 is 0 Å². The van der Waals surface area contributed by atoms with Gasteiger partial charge in [0.05, 0.1) is 11.4 Å². The van der Waals surface area contributed by atoms with Crippen LogP contribution in [0.4, 0.5) is 0 Å². The van der Waals surface area contributed by atoms with Gasteiger partial charge in [-0.05, 0) is 20.3 Å². The maximum atomic E-state index is 11.5. The van der Waals surface area contributed by atoms with Crippen molar-refractivity contribution < 1.29 is 9.53 Å². The molecule has 0 bridgehead atoms. The molecule has 3 heteroatoms. The summed E-state index contributed by atoms with van der Waals surface area (Å²) in [5.41, 5.74) is 1.06. The van der Waals surface area contributed by atoms with Crippen molar-refractivity contribution in [1.29, 1.82) is 0 Å². The zero-order valence-corrected chi connectivity index (χ0v) is 11.6. The Morgan fingerprint density at radius 3 is 2.94 bits per heavy atom. The Morgan fingerprint density at radius 2 is 2.35 bits per heavy atom. The van der Waals surface area contributed by atoms with Gasteiger partial charge >= 0.3 is 0 Å². The molecule has 0 saturated heterocycles. The fraction of sp³-hybridized carbons (Fsp3) is 0.500. The molecule has 94 valence electrons. The van der Waals surface area contributed by atoms with Crippen molar-refractivity contribution in [2.45, 2.75) is 38.4 Å². The van der Waals surface area contributed by atoms with Crippen molar-refractivity contribution in [2.75, 3.05) is 6.61 Å². The van der Waals surface area contributed by atoms with E-state index in [1.165, 1.54) is 11.8 Å². The maximum absolute atomic E-state index is 11.5. The highest BCUT2D eigenvalue weighted by molar-refractivity contribution is 8.15. The summed E-state index contributed by atoms with van der Waals surface area (Å²) in [6.07, 6.45) is 7.53. The number of carbonyl (C=O) groups is 1. The molecule has 0 saturated carbocycles. The molecule has 0 aromatic carbocycles. The first-order valence-corrected chi connectivity index (χ1v) is 6.73. The van der Waals surface area contributed by atoms with E-state index in [0.717, 1.165) is 24.2 Å². The average molecular weight is 252 g/mol. The predicted octanol–water partition coefficient (Wildman–Crippen LogP) is 3.85. The molecular weight excluding hydrogens is 232 g/mol. The first-order valence-electron chi connectivity index (χ1n) is 5.91. The molecule has 1 heterocycles. The molecule has 1 rings (SSSR count). The Hall–Kier alpha value is -0.960. The van der Waals surface area contributed by atoms with E-state index in [1.54, 1.807) is 12.2 Å². The summed E-state index contributed by atoms with van der Waals surface area (Å²) in [6.45, 7) is 10.5. The van der Waals surface area contributed by atoms with Crippen molar-refractivity contribution in [3.05, 3.63) is 36.1 Å². The number of rotatable bonds is 6. The lowest BCUT2D eigenvalue weighted by atomic mass is 10.0. The zero-order valence-electron chi connectivity index (χ0n) is 10.8. The normalized spacial score (nSPS) is 24.8. The van der Waals surface area contributed by atoms with Gasteiger partial charge in [0.25, 0.3) is 0 Å². The topological polar surface area (TPSA) is 26.3 Å². The van der Waals surface area contributed by atoms with E-state index in [0.29, 0.717) is 6.61 Å². The van der Waals surface area contributed by atoms with Crippen molar-refractivity contribution in [1.82, 2.24) is 0 Å². The molecule has 0 radical (unpaired) electrons. The van der Waals surface area contributed by atoms with Crippen LogP contribution < -0.4 is 0 Å². The summed E-state index contributed by atoms with van der Waals surface area (Å²) in [5, 5.41) is 0.0621. The van der Waals surface area contributed by atoms with Gasteiger partial charge in [0, 0.05) is 6.08 Å². The van der Waals surface area contributed by atoms with Crippen LogP contribution in [0.1, 0.15) is 33.6 Å². The van der Waals surface area contributed by atoms with Crippen LogP contribution >= 0.6 is 11.8 Å². The van der Waals surface area contributed by atoms with Gasteiger partial charge in [0.1, 0.15) is 5.76 Å². The Kier molecular flexibility index (Phi) is 5.06. The lowest BCUT2D eigenvalue weighted by Crippen LogP contribution is -2.20. The monoisotopic (exact) mass is 252 g/mol. The molecule has 0 aromatic rings. The first-order chi connectivity index (χ1) is 8.01. The van der Waals surface area contributed by atoms with Crippen LogP contribution in [0.25, 0.3) is 0 Å². The highest BCUT2D eigenvalue weighted by atomic mass is 32.2. The molecule has 2 nitrogen and oxygen atoms in total. The lowest BCUT2D eigenvalue weighted by Gasteiger charge is -2.23. The van der Waals surface area contributed by atoms with E-state index in [2.05, 4.69) is 13.5 Å². The van der Waals surface area contributed by atoms with Crippen LogP contribution in [-0.4, -0.2) is 16.5 Å². The second kappa shape index (κ2) is 6.10. The third kappa shape index (κ3) is 3.77. The minimum atomic E-state index is -0.372. The molecule has 17 heavy (non-hydrogen) atoms. The smallest absolute Gasteiger partial charge is 0.216 e. The largest absolute Gasteiger partial charge is 0.496 e. The minimum absolute atomic E-state index is 0.0621. The number of thioether (sulfide) groups is 1. The fourth-order valence-electron chi connectivity index (χ4n) is 1.64. The Bertz CT molecular complexity index is 368. The minimum Gasteiger partial charge on any atom is -0.496 e. The van der Waals surface area contributed by atoms with E-state index in [4.69, 9.17) is 4.74 Å². The third-order valence-corrected chi connectivity index (χ3v) is 3.69. The van der Waals surface area contributed by atoms with Crippen molar-refractivity contribution in [2.24, 2.45) is 0 Å². The summed E-state index contributed by atoms with van der Waals surface area (Å²) >= 11 is 1.30. The van der Waals surface area contributed by atoms with Gasteiger partial charge in [-0.1, -0.05) is 49.4 Å². The lowest BCUT2D eigenvalue weighted by molar-refractivity contribution is -0.107. The van der Waals surface area contributed by atoms with E-state index in [1.807, 2.05) is 19.9 Å². The molecule has 0 N–H and O–H groups in total. The standard InChI is InChI=1S/C14H20O2S/c1-5-7-8-16-12-9-13(15)17-14(12,4)10-11(3)6-2/h6,9-10H,2,5,7-8H2,1,3-4H3/b11-10+. The Labute approximate surface area is 108 Å². The van der Waals surface area contributed by atoms with Crippen LogP contribution in [0, 0.1) is 0 Å². The molecular formula is C14H20O2S.